The van der Waals surface area contributed by atoms with Gasteiger partial charge in [-0.2, -0.15) is 5.26 Å². The van der Waals surface area contributed by atoms with Gasteiger partial charge in [-0.3, -0.25) is 9.36 Å². The molecule has 4 aromatic carbocycles. The third-order valence-electron chi connectivity index (χ3n) is 7.39. The van der Waals surface area contributed by atoms with E-state index in [4.69, 9.17) is 14.5 Å². The molecule has 2 heterocycles. The van der Waals surface area contributed by atoms with Crippen molar-refractivity contribution in [2.24, 2.45) is 4.99 Å². The largest absolute Gasteiger partial charge is 0.487 e. The molecule has 1 aliphatic heterocycles. The van der Waals surface area contributed by atoms with Crippen LogP contribution in [0.15, 0.2) is 111 Å². The fourth-order valence-corrected chi connectivity index (χ4v) is 7.98. The summed E-state index contributed by atoms with van der Waals surface area (Å²) in [5.41, 5.74) is 3.27. The molecule has 0 bridgehead atoms. The second kappa shape index (κ2) is 14.2. The molecule has 0 saturated carbocycles. The van der Waals surface area contributed by atoms with Crippen LogP contribution in [0.25, 0.3) is 11.8 Å². The average molecular weight is 820 g/mol. The molecule has 7 nitrogen and oxygen atoms in total. The molecule has 5 aromatic rings. The number of rotatable bonds is 8. The number of carbonyl (C=O) groups excluding carboxylic acids is 1. The Kier molecular flexibility index (Phi) is 9.81. The number of carbonyl (C=O) groups is 1. The van der Waals surface area contributed by atoms with E-state index >= 15 is 0 Å². The van der Waals surface area contributed by atoms with Gasteiger partial charge in [-0.25, -0.2) is 14.2 Å². The van der Waals surface area contributed by atoms with E-state index in [1.807, 2.05) is 54.6 Å². The van der Waals surface area contributed by atoms with Crippen LogP contribution in [0.1, 0.15) is 40.8 Å². The van der Waals surface area contributed by atoms with Crippen LogP contribution in [0.2, 0.25) is 0 Å². The summed E-state index contributed by atoms with van der Waals surface area (Å²) in [4.78, 5) is 33.2. The van der Waals surface area contributed by atoms with Crippen LogP contribution in [0.3, 0.4) is 0 Å². The summed E-state index contributed by atoms with van der Waals surface area (Å²) in [5, 5.41) is 9.54. The minimum atomic E-state index is -0.927. The van der Waals surface area contributed by atoms with Gasteiger partial charge in [0.2, 0.25) is 0 Å². The van der Waals surface area contributed by atoms with Gasteiger partial charge in [-0.1, -0.05) is 87.9 Å². The first-order valence-electron chi connectivity index (χ1n) is 14.4. The van der Waals surface area contributed by atoms with E-state index in [-0.39, 0.29) is 24.3 Å². The summed E-state index contributed by atoms with van der Waals surface area (Å²) in [7, 11) is 0. The van der Waals surface area contributed by atoms with Crippen LogP contribution in [0.5, 0.6) is 5.75 Å². The predicted molar refractivity (Wildman–Crippen MR) is 190 cm³/mol. The van der Waals surface area contributed by atoms with Gasteiger partial charge in [0.25, 0.3) is 5.56 Å². The van der Waals surface area contributed by atoms with E-state index < -0.39 is 17.8 Å². The van der Waals surface area contributed by atoms with E-state index in [0.29, 0.717) is 43.0 Å². The van der Waals surface area contributed by atoms with Gasteiger partial charge in [0.1, 0.15) is 18.2 Å². The first-order valence-corrected chi connectivity index (χ1v) is 17.1. The maximum Gasteiger partial charge on any atom is 0.338 e. The molecule has 0 fully saturated rings. The molecule has 0 spiro atoms. The molecular formula is C36H24BrFIN3O4S. The van der Waals surface area contributed by atoms with Gasteiger partial charge in [-0.15, -0.1) is 0 Å². The number of fused-ring (bicyclic) bond motifs is 1. The minimum Gasteiger partial charge on any atom is -0.487 e. The lowest BCUT2D eigenvalue weighted by atomic mass is 9.93. The number of hydrogen-bond donors (Lipinski definition) is 0. The Labute approximate surface area is 295 Å². The van der Waals surface area contributed by atoms with Gasteiger partial charge in [-0.05, 0) is 71.5 Å². The average Bonchev–Trinajstić information content (AvgIpc) is 3.38. The summed E-state index contributed by atoms with van der Waals surface area (Å²) in [5.74, 6) is -0.520. The fraction of sp³-hybridized carbons (Fsp3) is 0.111. The fourth-order valence-electron chi connectivity index (χ4n) is 5.29. The van der Waals surface area contributed by atoms with E-state index in [9.17, 15) is 19.2 Å². The zero-order valence-electron chi connectivity index (χ0n) is 24.7. The van der Waals surface area contributed by atoms with Crippen LogP contribution < -0.4 is 19.6 Å². The molecule has 47 heavy (non-hydrogen) atoms. The monoisotopic (exact) mass is 819 g/mol. The SMILES string of the molecule is CCOC(=O)C1=C(c2ccccc2)N=c2s/c(=C\c3cc(Br)cc(I)c3OCc3ccccc3C#N)c(=O)n2[C@H]1c1ccc(F)cc1. The molecule has 1 aliphatic rings. The Morgan fingerprint density at radius 3 is 2.55 bits per heavy atom. The van der Waals surface area contributed by atoms with Crippen molar-refractivity contribution >= 4 is 67.6 Å². The number of halogens is 3. The molecule has 1 aromatic heterocycles. The molecule has 0 amide bonds. The molecule has 0 N–H and O–H groups in total. The van der Waals surface area contributed by atoms with Crippen molar-refractivity contribution in [3.63, 3.8) is 0 Å². The number of aromatic nitrogens is 1. The van der Waals surface area contributed by atoms with Crippen molar-refractivity contribution in [2.75, 3.05) is 6.61 Å². The van der Waals surface area contributed by atoms with Crippen LogP contribution in [-0.2, 0) is 16.1 Å². The van der Waals surface area contributed by atoms with Crippen molar-refractivity contribution < 1.29 is 18.7 Å². The van der Waals surface area contributed by atoms with Crippen LogP contribution in [0, 0.1) is 20.7 Å². The summed E-state index contributed by atoms with van der Waals surface area (Å²) in [6, 6.07) is 27.2. The van der Waals surface area contributed by atoms with Gasteiger partial charge in [0.15, 0.2) is 4.80 Å². The lowest BCUT2D eigenvalue weighted by Gasteiger charge is -2.25. The number of nitrogens with zero attached hydrogens (tertiary/aromatic N) is 3. The minimum absolute atomic E-state index is 0.119. The summed E-state index contributed by atoms with van der Waals surface area (Å²) in [6.07, 6.45) is 1.74. The number of thiazole rings is 1. The highest BCUT2D eigenvalue weighted by Crippen LogP contribution is 2.36. The lowest BCUT2D eigenvalue weighted by molar-refractivity contribution is -0.138. The quantitative estimate of drug-likeness (QED) is 0.126. The molecular weight excluding hydrogens is 796 g/mol. The molecule has 0 radical (unpaired) electrons. The topological polar surface area (TPSA) is 93.7 Å². The molecule has 0 aliphatic carbocycles. The van der Waals surface area contributed by atoms with Crippen LogP contribution in [0.4, 0.5) is 4.39 Å². The first kappa shape index (κ1) is 32.6. The second-order valence-electron chi connectivity index (χ2n) is 10.3. The lowest BCUT2D eigenvalue weighted by Crippen LogP contribution is -2.40. The highest BCUT2D eigenvalue weighted by molar-refractivity contribution is 14.1. The summed E-state index contributed by atoms with van der Waals surface area (Å²) >= 11 is 6.91. The molecule has 6 rings (SSSR count). The van der Waals surface area contributed by atoms with Gasteiger partial charge in [0, 0.05) is 21.2 Å². The second-order valence-corrected chi connectivity index (χ2v) is 13.4. The maximum atomic E-state index is 14.3. The van der Waals surface area contributed by atoms with Crippen molar-refractivity contribution in [3.05, 3.63) is 158 Å². The molecule has 0 unspecified atom stereocenters. The summed E-state index contributed by atoms with van der Waals surface area (Å²) in [6.45, 7) is 1.98. The van der Waals surface area contributed by atoms with E-state index in [1.165, 1.54) is 28.0 Å². The zero-order valence-corrected chi connectivity index (χ0v) is 29.3. The van der Waals surface area contributed by atoms with Crippen LogP contribution in [-0.4, -0.2) is 17.1 Å². The Morgan fingerprint density at radius 1 is 1.11 bits per heavy atom. The smallest absolute Gasteiger partial charge is 0.338 e. The number of ether oxygens (including phenoxy) is 2. The molecule has 1 atom stereocenters. The summed E-state index contributed by atoms with van der Waals surface area (Å²) < 4.78 is 29.3. The van der Waals surface area contributed by atoms with Gasteiger partial charge < -0.3 is 9.47 Å². The molecule has 11 heteroatoms. The Balaban J connectivity index is 1.56. The Morgan fingerprint density at radius 2 is 1.83 bits per heavy atom. The maximum absolute atomic E-state index is 14.3. The van der Waals surface area contributed by atoms with E-state index in [2.05, 4.69) is 44.6 Å². The predicted octanol–water partition coefficient (Wildman–Crippen LogP) is 6.89. The van der Waals surface area contributed by atoms with Crippen molar-refractivity contribution in [3.8, 4) is 11.8 Å². The van der Waals surface area contributed by atoms with Gasteiger partial charge >= 0.3 is 5.97 Å². The van der Waals surface area contributed by atoms with Crippen molar-refractivity contribution in [1.82, 2.24) is 4.57 Å². The number of esters is 1. The van der Waals surface area contributed by atoms with Crippen molar-refractivity contribution in [2.45, 2.75) is 19.6 Å². The zero-order chi connectivity index (χ0) is 33.1. The van der Waals surface area contributed by atoms with E-state index in [1.54, 1.807) is 37.3 Å². The third-order valence-corrected chi connectivity index (χ3v) is 9.64. The Hall–Kier alpha value is -4.38. The standard InChI is InChI=1S/C36H24BrFIN3O4S/c1-2-45-35(44)30-31(21-8-4-3-5-9-21)41-36-42(32(30)22-12-14-27(38)15-13-22)34(43)29(47-36)17-25-16-26(37)18-28(39)33(25)46-20-24-11-7-6-10-23(24)19-40/h3-18,32H,2,20H2,1H3/b29-17-/t32-/m0/s1. The molecule has 234 valence electrons. The van der Waals surface area contributed by atoms with Gasteiger partial charge in [0.05, 0.1) is 43.7 Å². The first-order chi connectivity index (χ1) is 22.8. The third kappa shape index (κ3) is 6.72. The highest BCUT2D eigenvalue weighted by atomic mass is 127. The number of benzene rings is 4. The van der Waals surface area contributed by atoms with Crippen LogP contribution >= 0.6 is 49.9 Å². The normalized spacial score (nSPS) is 14.3. The number of hydrogen-bond acceptors (Lipinski definition) is 7. The van der Waals surface area contributed by atoms with E-state index in [0.717, 1.165) is 13.6 Å². The molecule has 0 saturated heterocycles. The Bertz CT molecular complexity index is 2260. The number of nitriles is 1. The van der Waals surface area contributed by atoms with Crippen molar-refractivity contribution in [1.29, 1.82) is 5.26 Å². The highest BCUT2D eigenvalue weighted by Gasteiger charge is 2.35.